The number of likely N-dealkylation sites (tertiary alicyclic amines) is 1. The zero-order chi connectivity index (χ0) is 15.2. The summed E-state index contributed by atoms with van der Waals surface area (Å²) >= 11 is 0. The lowest BCUT2D eigenvalue weighted by Crippen LogP contribution is -2.51. The van der Waals surface area contributed by atoms with Crippen LogP contribution in [0, 0.1) is 0 Å². The average Bonchev–Trinajstić information content (AvgIpc) is 2.71. The molecule has 6 heteroatoms. The Morgan fingerprint density at radius 2 is 1.86 bits per heavy atom. The number of urea groups is 1. The van der Waals surface area contributed by atoms with Crippen molar-refractivity contribution in [3.05, 3.63) is 0 Å². The Kier molecular flexibility index (Phi) is 5.85. The van der Waals surface area contributed by atoms with Crippen molar-refractivity contribution in [1.82, 2.24) is 14.7 Å². The molecule has 2 saturated heterocycles. The summed E-state index contributed by atoms with van der Waals surface area (Å²) in [4.78, 5) is 29.4. The maximum Gasteiger partial charge on any atom is 0.320 e. The molecule has 0 saturated carbocycles. The van der Waals surface area contributed by atoms with Gasteiger partial charge >= 0.3 is 12.0 Å². The second kappa shape index (κ2) is 7.64. The molecular weight excluding hydrogens is 270 g/mol. The van der Waals surface area contributed by atoms with Crippen molar-refractivity contribution < 1.29 is 14.7 Å². The van der Waals surface area contributed by atoms with E-state index in [2.05, 4.69) is 6.92 Å². The number of carboxylic acid groups (broad SMARTS) is 1. The first-order valence-electron chi connectivity index (χ1n) is 8.11. The number of hydrogen-bond donors (Lipinski definition) is 1. The van der Waals surface area contributed by atoms with Crippen molar-refractivity contribution in [1.29, 1.82) is 0 Å². The van der Waals surface area contributed by atoms with E-state index in [1.54, 1.807) is 0 Å². The van der Waals surface area contributed by atoms with Crippen LogP contribution in [-0.4, -0.2) is 77.1 Å². The van der Waals surface area contributed by atoms with Gasteiger partial charge in [-0.25, -0.2) is 4.79 Å². The van der Waals surface area contributed by atoms with Crippen molar-refractivity contribution in [2.24, 2.45) is 0 Å². The highest BCUT2D eigenvalue weighted by Gasteiger charge is 2.30. The minimum absolute atomic E-state index is 0.0727. The van der Waals surface area contributed by atoms with Crippen molar-refractivity contribution in [3.8, 4) is 0 Å². The second-order valence-electron chi connectivity index (χ2n) is 6.04. The predicted octanol–water partition coefficient (Wildman–Crippen LogP) is 1.46. The van der Waals surface area contributed by atoms with Crippen LogP contribution in [-0.2, 0) is 4.79 Å². The van der Waals surface area contributed by atoms with Gasteiger partial charge in [0.25, 0.3) is 0 Å². The van der Waals surface area contributed by atoms with E-state index in [-0.39, 0.29) is 12.6 Å². The zero-order valence-electron chi connectivity index (χ0n) is 13.0. The minimum atomic E-state index is -0.795. The summed E-state index contributed by atoms with van der Waals surface area (Å²) in [5.74, 6) is -0.795. The minimum Gasteiger partial charge on any atom is -0.480 e. The summed E-state index contributed by atoms with van der Waals surface area (Å²) in [7, 11) is 0. The first-order chi connectivity index (χ1) is 10.1. The number of amides is 2. The molecular formula is C15H27N3O3. The predicted molar refractivity (Wildman–Crippen MR) is 80.3 cm³/mol. The highest BCUT2D eigenvalue weighted by Crippen LogP contribution is 2.21. The van der Waals surface area contributed by atoms with E-state index >= 15 is 0 Å². The van der Waals surface area contributed by atoms with Crippen LogP contribution in [0.5, 0.6) is 0 Å². The molecule has 1 N–H and O–H groups in total. The lowest BCUT2D eigenvalue weighted by molar-refractivity contribution is -0.138. The van der Waals surface area contributed by atoms with Crippen molar-refractivity contribution in [3.63, 3.8) is 0 Å². The number of carbonyl (C=O) groups excluding carboxylic acids is 1. The molecule has 0 bridgehead atoms. The summed E-state index contributed by atoms with van der Waals surface area (Å²) < 4.78 is 0. The van der Waals surface area contributed by atoms with E-state index in [9.17, 15) is 9.59 Å². The fraction of sp³-hybridized carbons (Fsp3) is 0.867. The van der Waals surface area contributed by atoms with Crippen molar-refractivity contribution >= 4 is 12.0 Å². The fourth-order valence-electron chi connectivity index (χ4n) is 3.37. The molecule has 2 aliphatic heterocycles. The summed E-state index contributed by atoms with van der Waals surface area (Å²) in [5, 5.41) is 8.87. The summed E-state index contributed by atoms with van der Waals surface area (Å²) in [6, 6.07) is 0.531. The highest BCUT2D eigenvalue weighted by molar-refractivity contribution is 5.75. The van der Waals surface area contributed by atoms with Crippen LogP contribution in [0.4, 0.5) is 4.79 Å². The molecule has 2 fully saturated rings. The van der Waals surface area contributed by atoms with Crippen LogP contribution in [0.2, 0.25) is 0 Å². The molecule has 2 amide bonds. The molecule has 120 valence electrons. The first-order valence-corrected chi connectivity index (χ1v) is 8.11. The number of hydrogen-bond acceptors (Lipinski definition) is 3. The largest absolute Gasteiger partial charge is 0.480 e. The van der Waals surface area contributed by atoms with Gasteiger partial charge in [-0.05, 0) is 32.1 Å². The van der Waals surface area contributed by atoms with Crippen molar-refractivity contribution in [2.45, 2.75) is 45.1 Å². The molecule has 6 nitrogen and oxygen atoms in total. The Labute approximate surface area is 126 Å². The van der Waals surface area contributed by atoms with Gasteiger partial charge in [0.15, 0.2) is 0 Å². The summed E-state index contributed by atoms with van der Waals surface area (Å²) in [6.45, 7) is 5.88. The molecule has 0 aromatic heterocycles. The third-order valence-corrected chi connectivity index (χ3v) is 4.56. The van der Waals surface area contributed by atoms with Crippen LogP contribution >= 0.6 is 0 Å². The molecule has 0 aromatic rings. The normalized spacial score (nSPS) is 24.7. The van der Waals surface area contributed by atoms with Gasteiger partial charge in [-0.2, -0.15) is 0 Å². The third-order valence-electron chi connectivity index (χ3n) is 4.56. The standard InChI is InChI=1S/C15H27N3O3/c1-2-13-6-3-4-9-18(13)15(21)17-8-5-7-16(10-11-17)12-14(19)20/h13H,2-12H2,1H3,(H,19,20). The van der Waals surface area contributed by atoms with E-state index in [1.807, 2.05) is 14.7 Å². The summed E-state index contributed by atoms with van der Waals surface area (Å²) in [5.41, 5.74) is 0. The van der Waals surface area contributed by atoms with Crippen LogP contribution in [0.3, 0.4) is 0 Å². The SMILES string of the molecule is CCC1CCCCN1C(=O)N1CCCN(CC(=O)O)CC1. The van der Waals surface area contributed by atoms with Gasteiger partial charge in [0, 0.05) is 38.8 Å². The van der Waals surface area contributed by atoms with Gasteiger partial charge in [0.1, 0.15) is 0 Å². The van der Waals surface area contributed by atoms with E-state index < -0.39 is 5.97 Å². The molecule has 1 unspecified atom stereocenters. The molecule has 0 aliphatic carbocycles. The fourth-order valence-corrected chi connectivity index (χ4v) is 3.37. The quantitative estimate of drug-likeness (QED) is 0.856. The molecule has 21 heavy (non-hydrogen) atoms. The topological polar surface area (TPSA) is 64.1 Å². The van der Waals surface area contributed by atoms with Crippen LogP contribution < -0.4 is 0 Å². The number of carboxylic acids is 1. The molecule has 0 aromatic carbocycles. The van der Waals surface area contributed by atoms with Gasteiger partial charge in [-0.1, -0.05) is 6.92 Å². The summed E-state index contributed by atoms with van der Waals surface area (Å²) in [6.07, 6.45) is 5.30. The Bertz CT molecular complexity index is 375. The number of carbonyl (C=O) groups is 2. The molecule has 2 rings (SSSR count). The lowest BCUT2D eigenvalue weighted by atomic mass is 10.0. The van der Waals surface area contributed by atoms with Crippen molar-refractivity contribution in [2.75, 3.05) is 39.3 Å². The number of aliphatic carboxylic acids is 1. The molecule has 0 spiro atoms. The van der Waals surface area contributed by atoms with Gasteiger partial charge < -0.3 is 14.9 Å². The van der Waals surface area contributed by atoms with E-state index in [4.69, 9.17) is 5.11 Å². The maximum absolute atomic E-state index is 12.7. The molecule has 0 radical (unpaired) electrons. The lowest BCUT2D eigenvalue weighted by Gasteiger charge is -2.38. The maximum atomic E-state index is 12.7. The van der Waals surface area contributed by atoms with Gasteiger partial charge in [-0.3, -0.25) is 9.69 Å². The van der Waals surface area contributed by atoms with Gasteiger partial charge in [0.2, 0.25) is 0 Å². The van der Waals surface area contributed by atoms with Crippen LogP contribution in [0.15, 0.2) is 0 Å². The molecule has 1 atom stereocenters. The number of rotatable bonds is 3. The Balaban J connectivity index is 1.91. The Hall–Kier alpha value is -1.30. The van der Waals surface area contributed by atoms with Crippen LogP contribution in [0.1, 0.15) is 39.0 Å². The molecule has 2 heterocycles. The number of piperidine rings is 1. The van der Waals surface area contributed by atoms with E-state index in [0.717, 1.165) is 45.3 Å². The Morgan fingerprint density at radius 1 is 1.05 bits per heavy atom. The molecule has 2 aliphatic rings. The average molecular weight is 297 g/mol. The first kappa shape index (κ1) is 16.1. The second-order valence-corrected chi connectivity index (χ2v) is 6.04. The van der Waals surface area contributed by atoms with Gasteiger partial charge in [0.05, 0.1) is 6.54 Å². The third kappa shape index (κ3) is 4.33. The zero-order valence-corrected chi connectivity index (χ0v) is 13.0. The smallest absolute Gasteiger partial charge is 0.320 e. The highest BCUT2D eigenvalue weighted by atomic mass is 16.4. The van der Waals surface area contributed by atoms with E-state index in [1.165, 1.54) is 6.42 Å². The Morgan fingerprint density at radius 3 is 2.57 bits per heavy atom. The van der Waals surface area contributed by atoms with E-state index in [0.29, 0.717) is 19.1 Å². The number of nitrogens with zero attached hydrogens (tertiary/aromatic N) is 3. The van der Waals surface area contributed by atoms with Gasteiger partial charge in [-0.15, -0.1) is 0 Å². The van der Waals surface area contributed by atoms with Crippen LogP contribution in [0.25, 0.3) is 0 Å². The monoisotopic (exact) mass is 297 g/mol.